The zero-order chi connectivity index (χ0) is 76.3. The average Bonchev–Trinajstić information content (AvgIpc) is 1.67. The first-order chi connectivity index (χ1) is 52.3. The first-order valence-corrected chi connectivity index (χ1v) is 37.4. The molecule has 0 bridgehead atoms. The summed E-state index contributed by atoms with van der Waals surface area (Å²) >= 11 is 0. The van der Waals surface area contributed by atoms with Crippen molar-refractivity contribution in [3.63, 3.8) is 0 Å². The van der Waals surface area contributed by atoms with Crippen molar-refractivity contribution in [2.75, 3.05) is 44.8 Å². The van der Waals surface area contributed by atoms with Gasteiger partial charge < -0.3 is 49.5 Å². The van der Waals surface area contributed by atoms with E-state index < -0.39 is 5.97 Å². The number of hydrogen-bond acceptors (Lipinski definition) is 13. The summed E-state index contributed by atoms with van der Waals surface area (Å²) in [5.74, 6) is 2.89. The number of carbonyl (C=O) groups is 4. The Labute approximate surface area is 633 Å². The second-order valence-electron chi connectivity index (χ2n) is 25.4. The monoisotopic (exact) mass is 1450 g/mol. The second-order valence-corrected chi connectivity index (χ2v) is 25.4. The summed E-state index contributed by atoms with van der Waals surface area (Å²) in [7, 11) is 6.47. The van der Waals surface area contributed by atoms with Crippen LogP contribution in [0.5, 0.6) is 23.0 Å². The van der Waals surface area contributed by atoms with Crippen LogP contribution in [0.2, 0.25) is 0 Å². The Kier molecular flexibility index (Phi) is 40.4. The molecule has 0 aliphatic carbocycles. The van der Waals surface area contributed by atoms with E-state index in [-0.39, 0.29) is 36.9 Å². The normalized spacial score (nSPS) is 11.5. The Hall–Kier alpha value is -11.3. The third kappa shape index (κ3) is 33.2. The number of carbonyl (C=O) groups excluding carboxylic acids is 3. The number of ketones is 1. The van der Waals surface area contributed by atoms with Crippen LogP contribution < -0.4 is 35.3 Å². The van der Waals surface area contributed by atoms with Crippen molar-refractivity contribution in [3.05, 3.63) is 260 Å². The van der Waals surface area contributed by atoms with Crippen molar-refractivity contribution in [1.82, 2.24) is 10.3 Å². The number of aromatic nitrogens is 2. The predicted octanol–water partition coefficient (Wildman–Crippen LogP) is 22.5. The van der Waals surface area contributed by atoms with Gasteiger partial charge in [-0.25, -0.2) is 0 Å². The number of rotatable bonds is 44. The number of methoxy groups -OCH3 is 4. The molecule has 0 spiro atoms. The molecule has 16 heteroatoms. The van der Waals surface area contributed by atoms with Crippen LogP contribution in [0.3, 0.4) is 0 Å². The van der Waals surface area contributed by atoms with Gasteiger partial charge in [0.05, 0.1) is 52.4 Å². The summed E-state index contributed by atoms with van der Waals surface area (Å²) in [6, 6.07) is 44.6. The minimum Gasteiger partial charge on any atom is -0.497 e. The smallest absolute Gasteiger partial charge is 0.303 e. The molecule has 107 heavy (non-hydrogen) atoms. The number of carboxylic acid groups (broad SMARTS) is 1. The Bertz CT molecular complexity index is 4120. The summed E-state index contributed by atoms with van der Waals surface area (Å²) in [6.07, 6.45) is 55.6. The minimum absolute atomic E-state index is 0.00973. The van der Waals surface area contributed by atoms with Crippen LogP contribution in [-0.2, 0) is 38.4 Å². The van der Waals surface area contributed by atoms with E-state index in [0.29, 0.717) is 52.8 Å². The highest BCUT2D eigenvalue weighted by atomic mass is 16.5. The Morgan fingerprint density at radius 3 is 1.02 bits per heavy atom. The molecule has 8 aromatic rings. The molecule has 0 atom stereocenters. The fourth-order valence-corrected chi connectivity index (χ4v) is 11.1. The molecule has 2 aromatic heterocycles. The van der Waals surface area contributed by atoms with Gasteiger partial charge in [0.15, 0.2) is 11.5 Å². The van der Waals surface area contributed by atoms with Crippen LogP contribution in [-0.4, -0.2) is 67.4 Å². The van der Waals surface area contributed by atoms with E-state index >= 15 is 0 Å². The number of nitrogens with one attached hydrogen (secondary N) is 2. The predicted molar refractivity (Wildman–Crippen MR) is 436 cm³/mol. The van der Waals surface area contributed by atoms with E-state index in [1.165, 1.54) is 51.4 Å². The lowest BCUT2D eigenvalue weighted by Crippen LogP contribution is -2.14. The molecule has 0 unspecified atom stereocenters. The van der Waals surface area contributed by atoms with E-state index in [1.807, 2.05) is 121 Å². The molecule has 0 saturated heterocycles. The van der Waals surface area contributed by atoms with Crippen LogP contribution in [0.15, 0.2) is 252 Å². The fraction of sp³-hybridized carbons (Fsp3) is 0.319. The van der Waals surface area contributed by atoms with Gasteiger partial charge in [0.1, 0.15) is 40.2 Å². The van der Waals surface area contributed by atoms with Crippen molar-refractivity contribution >= 4 is 40.6 Å². The Balaban J connectivity index is 0.000000280. The molecule has 0 radical (unpaired) electrons. The molecule has 0 fully saturated rings. The molecule has 0 aliphatic rings. The van der Waals surface area contributed by atoms with E-state index in [4.69, 9.17) is 38.8 Å². The first kappa shape index (κ1) is 84.7. The molecule has 0 saturated carbocycles. The third-order valence-electron chi connectivity index (χ3n) is 17.0. The SMILES string of the molecule is CCCCC/C=C\C/C=C\C/C=C\C/C=C\CCCC(=O)Cc1ccc(NC(=O)Cc2onc(-c3ccc(OC)cc3)c2-c2ccc(OC)cc2)cc1.CCCCC/C=C\C/C=C\C/C=C\C/C=C\CCCC(=O)O.COc1ccc(-c2noc(CC(=O)Nc3ccc(N)cc3)c2-c2ccc(OC)cc2)cc1. The highest BCUT2D eigenvalue weighted by Crippen LogP contribution is 2.38. The molecule has 0 aliphatic heterocycles. The Morgan fingerprint density at radius 1 is 0.383 bits per heavy atom. The number of nitrogens with two attached hydrogens (primary N) is 1. The van der Waals surface area contributed by atoms with Crippen molar-refractivity contribution in [3.8, 4) is 67.8 Å². The fourth-order valence-electron chi connectivity index (χ4n) is 11.1. The van der Waals surface area contributed by atoms with Crippen molar-refractivity contribution < 1.29 is 52.3 Å². The maximum Gasteiger partial charge on any atom is 0.303 e. The summed E-state index contributed by atoms with van der Waals surface area (Å²) < 4.78 is 32.6. The van der Waals surface area contributed by atoms with Gasteiger partial charge in [-0.1, -0.05) is 183 Å². The number of hydrogen-bond donors (Lipinski definition) is 4. The van der Waals surface area contributed by atoms with Gasteiger partial charge >= 0.3 is 5.97 Å². The summed E-state index contributed by atoms with van der Waals surface area (Å²) in [6.45, 7) is 4.47. The van der Waals surface area contributed by atoms with Crippen molar-refractivity contribution in [2.24, 2.45) is 0 Å². The van der Waals surface area contributed by atoms with Gasteiger partial charge in [-0.2, -0.15) is 0 Å². The topological polar surface area (TPSA) is 228 Å². The summed E-state index contributed by atoms with van der Waals surface area (Å²) in [4.78, 5) is 48.8. The van der Waals surface area contributed by atoms with Crippen LogP contribution in [0, 0.1) is 0 Å². The first-order valence-electron chi connectivity index (χ1n) is 37.4. The molecule has 5 N–H and O–H groups in total. The molecular formula is C91H109N5O11. The number of ether oxygens (including phenoxy) is 4. The number of unbranched alkanes of at least 4 members (excludes halogenated alkanes) is 8. The zero-order valence-corrected chi connectivity index (χ0v) is 63.4. The molecule has 6 aromatic carbocycles. The largest absolute Gasteiger partial charge is 0.497 e. The number of nitrogens with zero attached hydrogens (tertiary/aromatic N) is 2. The number of anilines is 3. The molecule has 2 amide bonds. The molecule has 8 rings (SSSR count). The third-order valence-corrected chi connectivity index (χ3v) is 17.0. The van der Waals surface area contributed by atoms with Crippen molar-refractivity contribution in [1.29, 1.82) is 0 Å². The average molecular weight is 1450 g/mol. The van der Waals surface area contributed by atoms with E-state index in [1.54, 1.807) is 52.7 Å². The van der Waals surface area contributed by atoms with Crippen LogP contribution >= 0.6 is 0 Å². The summed E-state index contributed by atoms with van der Waals surface area (Å²) in [5, 5.41) is 23.0. The van der Waals surface area contributed by atoms with Gasteiger partial charge in [-0.05, 0) is 216 Å². The van der Waals surface area contributed by atoms with Gasteiger partial charge in [0, 0.05) is 47.5 Å². The lowest BCUT2D eigenvalue weighted by molar-refractivity contribution is -0.137. The maximum absolute atomic E-state index is 13.2. The van der Waals surface area contributed by atoms with Crippen LogP contribution in [0.25, 0.3) is 44.8 Å². The van der Waals surface area contributed by atoms with Gasteiger partial charge in [-0.3, -0.25) is 19.2 Å². The van der Waals surface area contributed by atoms with Crippen LogP contribution in [0.1, 0.15) is 159 Å². The Morgan fingerprint density at radius 2 is 0.692 bits per heavy atom. The van der Waals surface area contributed by atoms with Gasteiger partial charge in [0.25, 0.3) is 0 Å². The number of nitrogen functional groups attached to an aromatic ring is 1. The highest BCUT2D eigenvalue weighted by Gasteiger charge is 2.24. The highest BCUT2D eigenvalue weighted by molar-refractivity contribution is 5.96. The van der Waals surface area contributed by atoms with Crippen molar-refractivity contribution in [2.45, 2.75) is 162 Å². The molecule has 564 valence electrons. The summed E-state index contributed by atoms with van der Waals surface area (Å²) in [5.41, 5.74) is 14.8. The zero-order valence-electron chi connectivity index (χ0n) is 63.4. The van der Waals surface area contributed by atoms with Gasteiger partial charge in [0.2, 0.25) is 11.8 Å². The number of aliphatic carboxylic acids is 1. The number of allylic oxidation sites excluding steroid dienone is 16. The molecule has 2 heterocycles. The van der Waals surface area contributed by atoms with E-state index in [9.17, 15) is 19.2 Å². The number of amides is 2. The second kappa shape index (κ2) is 51.0. The lowest BCUT2D eigenvalue weighted by Gasteiger charge is -2.08. The lowest BCUT2D eigenvalue weighted by atomic mass is 9.97. The minimum atomic E-state index is -0.712. The van der Waals surface area contributed by atoms with Gasteiger partial charge in [-0.15, -0.1) is 0 Å². The molecule has 16 nitrogen and oxygen atoms in total. The number of Topliss-reactive ketones (excluding diaryl/α,β-unsaturated/α-hetero) is 1. The maximum atomic E-state index is 13.2. The van der Waals surface area contributed by atoms with E-state index in [2.05, 4.69) is 132 Å². The number of carboxylic acids is 1. The molecular weight excluding hydrogens is 1340 g/mol. The quantitative estimate of drug-likeness (QED) is 0.0158. The van der Waals surface area contributed by atoms with Crippen LogP contribution in [0.4, 0.5) is 17.1 Å². The van der Waals surface area contributed by atoms with E-state index in [0.717, 1.165) is 126 Å². The number of benzene rings is 6. The standard InChI is InChI=1S/C46H54N2O5.C25H23N3O4.C20H32O2/c1-4-5-6-7-8-9-10-11-12-13-14-15-16-17-18-19-20-21-40(49)34-36-22-28-39(29-23-36)47-44(50)35-43-45(37-24-30-41(51-2)31-25-37)46(48-53-43)38-26-32-42(52-3)33-27-38;1-30-20-11-3-16(4-12-20)24-22(15-23(29)27-19-9-7-18(26)8-10-19)32-28-25(24)17-5-13-21(31-2)14-6-17;1-2-3-4-5-6-7-8-9-10-11-12-13-14-15-16-17-18-19-20(21)22/h8-9,11-12,14-15,17-18,22-33H,4-7,10,13,16,19-21,34-35H2,1-3H3,(H,47,50);3-14H,15,26H2,1-2H3,(H,27,29);6-7,9-10,12-13,15-16H,2-5,8,11,14,17-19H2,1H3,(H,21,22)/b9-8-,12-11-,15-14-,18-17-;;7-6-,10-9-,13-12-,16-15-.